The number of rotatable bonds is 5. The minimum atomic E-state index is -0.942. The van der Waals surface area contributed by atoms with Crippen LogP contribution in [0.25, 0.3) is 5.76 Å². The van der Waals surface area contributed by atoms with Gasteiger partial charge in [-0.15, -0.1) is 0 Å². The first-order chi connectivity index (χ1) is 16.3. The second-order valence-corrected chi connectivity index (χ2v) is 8.69. The molecule has 0 bridgehead atoms. The molecular weight excluding hydrogens is 456 g/mol. The Balaban J connectivity index is 1.93. The van der Waals surface area contributed by atoms with E-state index in [0.717, 1.165) is 16.9 Å². The molecule has 2 heterocycles. The molecule has 2 aromatic carbocycles. The van der Waals surface area contributed by atoms with E-state index in [2.05, 4.69) is 4.98 Å². The number of benzene rings is 2. The van der Waals surface area contributed by atoms with Crippen LogP contribution in [-0.2, 0) is 14.3 Å². The largest absolute Gasteiger partial charge is 0.507 e. The summed E-state index contributed by atoms with van der Waals surface area (Å²) in [7, 11) is 2.75. The van der Waals surface area contributed by atoms with Gasteiger partial charge in [-0.25, -0.2) is 9.78 Å². The molecular formula is C25H22N2O6S. The number of methoxy groups -OCH3 is 2. The molecule has 1 aromatic heterocycles. The smallest absolute Gasteiger partial charge is 0.350 e. The Morgan fingerprint density at radius 3 is 2.44 bits per heavy atom. The molecule has 1 aliphatic heterocycles. The number of carbonyl (C=O) groups excluding carboxylic acids is 3. The van der Waals surface area contributed by atoms with Crippen LogP contribution in [0.1, 0.15) is 38.1 Å². The number of anilines is 1. The van der Waals surface area contributed by atoms with Crippen LogP contribution in [0.4, 0.5) is 5.13 Å². The van der Waals surface area contributed by atoms with Gasteiger partial charge in [-0.05, 0) is 31.5 Å². The molecule has 1 atom stereocenters. The zero-order valence-electron chi connectivity index (χ0n) is 19.0. The number of aliphatic hydroxyl groups is 1. The average molecular weight is 479 g/mol. The fourth-order valence-corrected chi connectivity index (χ4v) is 4.80. The highest BCUT2D eigenvalue weighted by atomic mass is 32.1. The Kier molecular flexibility index (Phi) is 6.21. The SMILES string of the molecule is COC(=O)c1sc(N2C(=O)C(=O)/C(=C(\O)c3cccc(OC)c3)C2c2ccc(C)cc2)nc1C. The molecule has 1 unspecified atom stereocenters. The Morgan fingerprint density at radius 2 is 1.79 bits per heavy atom. The minimum Gasteiger partial charge on any atom is -0.507 e. The molecule has 34 heavy (non-hydrogen) atoms. The maximum absolute atomic E-state index is 13.2. The van der Waals surface area contributed by atoms with Crippen molar-refractivity contribution in [3.05, 3.63) is 81.4 Å². The average Bonchev–Trinajstić information content (AvgIpc) is 3.35. The number of hydrogen-bond donors (Lipinski definition) is 1. The fraction of sp³-hybridized carbons (Fsp3) is 0.200. The van der Waals surface area contributed by atoms with Gasteiger partial charge in [0.15, 0.2) is 5.13 Å². The maximum Gasteiger partial charge on any atom is 0.350 e. The molecule has 8 nitrogen and oxygen atoms in total. The number of aryl methyl sites for hydroxylation is 2. The number of hydrogen-bond acceptors (Lipinski definition) is 8. The van der Waals surface area contributed by atoms with Crippen LogP contribution in [0.5, 0.6) is 5.75 Å². The number of ether oxygens (including phenoxy) is 2. The molecule has 9 heteroatoms. The monoisotopic (exact) mass is 478 g/mol. The summed E-state index contributed by atoms with van der Waals surface area (Å²) < 4.78 is 10.0. The molecule has 0 aliphatic carbocycles. The summed E-state index contributed by atoms with van der Waals surface area (Å²) in [6.45, 7) is 3.55. The summed E-state index contributed by atoms with van der Waals surface area (Å²) in [4.78, 5) is 44.4. The van der Waals surface area contributed by atoms with Crippen molar-refractivity contribution in [3.8, 4) is 5.75 Å². The van der Waals surface area contributed by atoms with Crippen LogP contribution in [0.3, 0.4) is 0 Å². The van der Waals surface area contributed by atoms with Crippen molar-refractivity contribution < 1.29 is 29.0 Å². The molecule has 1 N–H and O–H groups in total. The van der Waals surface area contributed by atoms with Crippen molar-refractivity contribution in [3.63, 3.8) is 0 Å². The second kappa shape index (κ2) is 9.11. The van der Waals surface area contributed by atoms with Crippen LogP contribution in [0, 0.1) is 13.8 Å². The first-order valence-electron chi connectivity index (χ1n) is 10.3. The van der Waals surface area contributed by atoms with Gasteiger partial charge in [0.2, 0.25) is 0 Å². The number of aromatic nitrogens is 1. The Bertz CT molecular complexity index is 1330. The Labute approximate surface area is 200 Å². The van der Waals surface area contributed by atoms with E-state index in [-0.39, 0.29) is 21.3 Å². The van der Waals surface area contributed by atoms with Crippen molar-refractivity contribution in [2.45, 2.75) is 19.9 Å². The lowest BCUT2D eigenvalue weighted by atomic mass is 9.95. The number of esters is 1. The number of thiazole rings is 1. The molecule has 1 aliphatic rings. The highest BCUT2D eigenvalue weighted by molar-refractivity contribution is 7.17. The number of nitrogens with zero attached hydrogens (tertiary/aromatic N) is 2. The van der Waals surface area contributed by atoms with Crippen molar-refractivity contribution in [2.75, 3.05) is 19.1 Å². The van der Waals surface area contributed by atoms with Crippen LogP contribution in [0.2, 0.25) is 0 Å². The summed E-state index contributed by atoms with van der Waals surface area (Å²) in [5.74, 6) is -2.12. The number of carbonyl (C=O) groups is 3. The Morgan fingerprint density at radius 1 is 1.09 bits per heavy atom. The topological polar surface area (TPSA) is 106 Å². The van der Waals surface area contributed by atoms with Crippen molar-refractivity contribution in [1.82, 2.24) is 4.98 Å². The molecule has 0 spiro atoms. The predicted molar refractivity (Wildman–Crippen MR) is 127 cm³/mol. The number of Topliss-reactive ketones (excluding diaryl/α,β-unsaturated/α-hetero) is 1. The lowest BCUT2D eigenvalue weighted by Gasteiger charge is -2.23. The van der Waals surface area contributed by atoms with Gasteiger partial charge in [-0.1, -0.05) is 53.3 Å². The van der Waals surface area contributed by atoms with Gasteiger partial charge in [0.05, 0.1) is 31.5 Å². The summed E-state index contributed by atoms with van der Waals surface area (Å²) in [6, 6.07) is 12.9. The lowest BCUT2D eigenvalue weighted by Crippen LogP contribution is -2.29. The van der Waals surface area contributed by atoms with Crippen LogP contribution >= 0.6 is 11.3 Å². The zero-order valence-corrected chi connectivity index (χ0v) is 19.8. The molecule has 3 aromatic rings. The van der Waals surface area contributed by atoms with Crippen molar-refractivity contribution in [2.24, 2.45) is 0 Å². The predicted octanol–water partition coefficient (Wildman–Crippen LogP) is 4.18. The number of aliphatic hydroxyl groups excluding tert-OH is 1. The minimum absolute atomic E-state index is 0.0745. The maximum atomic E-state index is 13.2. The molecule has 1 fully saturated rings. The van der Waals surface area contributed by atoms with Crippen LogP contribution in [-0.4, -0.2) is 42.0 Å². The van der Waals surface area contributed by atoms with E-state index >= 15 is 0 Å². The van der Waals surface area contributed by atoms with E-state index in [0.29, 0.717) is 22.6 Å². The summed E-state index contributed by atoms with van der Waals surface area (Å²) >= 11 is 0.955. The van der Waals surface area contributed by atoms with Gasteiger partial charge in [0, 0.05) is 5.56 Å². The molecule has 1 saturated heterocycles. The van der Waals surface area contributed by atoms with E-state index in [1.54, 1.807) is 43.3 Å². The molecule has 1 amide bonds. The number of amides is 1. The van der Waals surface area contributed by atoms with Gasteiger partial charge in [-0.3, -0.25) is 14.5 Å². The third kappa shape index (κ3) is 3.94. The van der Waals surface area contributed by atoms with Gasteiger partial charge < -0.3 is 14.6 Å². The summed E-state index contributed by atoms with van der Waals surface area (Å²) in [5, 5.41) is 11.4. The van der Waals surface area contributed by atoms with Gasteiger partial charge in [0.25, 0.3) is 5.78 Å². The van der Waals surface area contributed by atoms with Gasteiger partial charge >= 0.3 is 11.9 Å². The second-order valence-electron chi connectivity index (χ2n) is 7.71. The van der Waals surface area contributed by atoms with Crippen molar-refractivity contribution >= 4 is 39.9 Å². The van der Waals surface area contributed by atoms with E-state index < -0.39 is 23.7 Å². The van der Waals surface area contributed by atoms with E-state index in [4.69, 9.17) is 9.47 Å². The highest BCUT2D eigenvalue weighted by Crippen LogP contribution is 2.44. The van der Waals surface area contributed by atoms with E-state index in [9.17, 15) is 19.5 Å². The molecule has 0 radical (unpaired) electrons. The quantitative estimate of drug-likeness (QED) is 0.254. The van der Waals surface area contributed by atoms with E-state index in [1.165, 1.54) is 19.1 Å². The standard InChI is InChI=1S/C25H22N2O6S/c1-13-8-10-15(11-9-13)19-18(20(28)16-6-5-7-17(12-16)32-3)21(29)23(30)27(19)25-26-14(2)22(34-25)24(31)33-4/h5-12,19,28H,1-4H3/b20-18-. The molecule has 4 rings (SSSR count). The summed E-state index contributed by atoms with van der Waals surface area (Å²) in [6.07, 6.45) is 0. The molecule has 174 valence electrons. The first-order valence-corrected chi connectivity index (χ1v) is 11.2. The third-order valence-electron chi connectivity index (χ3n) is 5.54. The normalized spacial score (nSPS) is 17.2. The van der Waals surface area contributed by atoms with Crippen LogP contribution < -0.4 is 9.64 Å². The molecule has 0 saturated carbocycles. The van der Waals surface area contributed by atoms with Gasteiger partial charge in [0.1, 0.15) is 16.4 Å². The number of ketones is 1. The highest BCUT2D eigenvalue weighted by Gasteiger charge is 2.48. The fourth-order valence-electron chi connectivity index (χ4n) is 3.79. The lowest BCUT2D eigenvalue weighted by molar-refractivity contribution is -0.132. The Hall–Kier alpha value is -3.98. The zero-order chi connectivity index (χ0) is 24.6. The van der Waals surface area contributed by atoms with Crippen LogP contribution in [0.15, 0.2) is 54.1 Å². The summed E-state index contributed by atoms with van der Waals surface area (Å²) in [5.41, 5.74) is 2.24. The third-order valence-corrected chi connectivity index (χ3v) is 6.68. The van der Waals surface area contributed by atoms with Crippen molar-refractivity contribution in [1.29, 1.82) is 0 Å². The van der Waals surface area contributed by atoms with Gasteiger partial charge in [-0.2, -0.15) is 0 Å². The first kappa shape index (κ1) is 23.2. The van der Waals surface area contributed by atoms with E-state index in [1.807, 2.05) is 19.1 Å².